The van der Waals surface area contributed by atoms with Crippen molar-refractivity contribution in [3.8, 4) is 0 Å². The van der Waals surface area contributed by atoms with Gasteiger partial charge in [-0.25, -0.2) is 0 Å². The Balaban J connectivity index is 1.13. The van der Waals surface area contributed by atoms with Gasteiger partial charge < -0.3 is 9.84 Å². The predicted octanol–water partition coefficient (Wildman–Crippen LogP) is 13.2. The van der Waals surface area contributed by atoms with Gasteiger partial charge in [-0.3, -0.25) is 4.79 Å². The van der Waals surface area contributed by atoms with Gasteiger partial charge in [0.15, 0.2) is 0 Å². The normalized spacial score (nSPS) is 33.5. The van der Waals surface area contributed by atoms with Gasteiger partial charge in [-0.15, -0.1) is 0 Å². The van der Waals surface area contributed by atoms with E-state index in [4.69, 9.17) is 4.74 Å². The molecular formula is C45H80O3. The number of aliphatic hydroxyl groups is 1. The lowest BCUT2D eigenvalue weighted by Gasteiger charge is -2.60. The maximum absolute atomic E-state index is 12.8. The summed E-state index contributed by atoms with van der Waals surface area (Å²) in [4.78, 5) is 12.8. The van der Waals surface area contributed by atoms with Gasteiger partial charge in [0, 0.05) is 12.8 Å². The van der Waals surface area contributed by atoms with Crippen LogP contribution in [0, 0.1) is 46.3 Å². The van der Waals surface area contributed by atoms with Crippen LogP contribution >= 0.6 is 0 Å². The molecule has 4 aliphatic rings. The Hall–Kier alpha value is -0.830. The Morgan fingerprint density at radius 2 is 1.42 bits per heavy atom. The maximum atomic E-state index is 12.8. The summed E-state index contributed by atoms with van der Waals surface area (Å²) in [6.45, 7) is 14.4. The number of rotatable bonds is 22. The first-order valence-electron chi connectivity index (χ1n) is 21.7. The van der Waals surface area contributed by atoms with E-state index in [1.807, 2.05) is 0 Å². The summed E-state index contributed by atoms with van der Waals surface area (Å²) in [6, 6.07) is 0. The largest absolute Gasteiger partial charge is 0.462 e. The van der Waals surface area contributed by atoms with Gasteiger partial charge in [-0.1, -0.05) is 162 Å². The second kappa shape index (κ2) is 19.7. The highest BCUT2D eigenvalue weighted by Crippen LogP contribution is 2.67. The molecule has 2 unspecified atom stereocenters. The summed E-state index contributed by atoms with van der Waals surface area (Å²) in [5.41, 5.74) is 1.76. The fourth-order valence-electron chi connectivity index (χ4n) is 11.6. The summed E-state index contributed by atoms with van der Waals surface area (Å²) in [6.07, 6.45) is 34.9. The average Bonchev–Trinajstić information content (AvgIpc) is 3.42. The van der Waals surface area contributed by atoms with Crippen LogP contribution in [0.1, 0.15) is 208 Å². The van der Waals surface area contributed by atoms with Crippen molar-refractivity contribution >= 4 is 5.97 Å². The smallest absolute Gasteiger partial charge is 0.306 e. The zero-order chi connectivity index (χ0) is 34.6. The van der Waals surface area contributed by atoms with Crippen molar-refractivity contribution in [2.24, 2.45) is 46.3 Å². The average molecular weight is 669 g/mol. The molecular weight excluding hydrogens is 588 g/mol. The van der Waals surface area contributed by atoms with Crippen LogP contribution < -0.4 is 0 Å². The minimum absolute atomic E-state index is 0.0240. The number of unbranched alkanes of at least 4 members (excludes halogenated alkanes) is 14. The Morgan fingerprint density at radius 1 is 0.812 bits per heavy atom. The van der Waals surface area contributed by atoms with Gasteiger partial charge in [0.1, 0.15) is 6.10 Å². The van der Waals surface area contributed by atoms with Crippen LogP contribution in [0.25, 0.3) is 0 Å². The maximum Gasteiger partial charge on any atom is 0.306 e. The van der Waals surface area contributed by atoms with Crippen LogP contribution in [-0.4, -0.2) is 23.3 Å². The molecule has 0 aliphatic heterocycles. The lowest BCUT2D eigenvalue weighted by molar-refractivity contribution is -0.154. The Kier molecular flexibility index (Phi) is 16.4. The SMILES string of the molecule is CCCCCCCCCCCCCCCCCC(=O)OC1CC[C@@]2(C)C(=CC[C@H]3[C@@H]4CC[C@H]([C@H](C)CCCC(C)C)[C@@]4(C)C(O)C[C@@H]32)C1. The summed E-state index contributed by atoms with van der Waals surface area (Å²) >= 11 is 0. The molecule has 48 heavy (non-hydrogen) atoms. The van der Waals surface area contributed by atoms with Crippen LogP contribution in [0.4, 0.5) is 0 Å². The minimum Gasteiger partial charge on any atom is -0.462 e. The van der Waals surface area contributed by atoms with Crippen LogP contribution in [0.15, 0.2) is 11.6 Å². The van der Waals surface area contributed by atoms with Crippen LogP contribution in [0.2, 0.25) is 0 Å². The van der Waals surface area contributed by atoms with Crippen LogP contribution in [-0.2, 0) is 9.53 Å². The highest BCUT2D eigenvalue weighted by molar-refractivity contribution is 5.69. The fraction of sp³-hybridized carbons (Fsp3) is 0.933. The molecule has 0 saturated heterocycles. The first-order valence-corrected chi connectivity index (χ1v) is 21.7. The van der Waals surface area contributed by atoms with Crippen LogP contribution in [0.3, 0.4) is 0 Å². The summed E-state index contributed by atoms with van der Waals surface area (Å²) < 4.78 is 6.11. The van der Waals surface area contributed by atoms with E-state index in [0.717, 1.165) is 50.9 Å². The van der Waals surface area contributed by atoms with Gasteiger partial charge in [0.05, 0.1) is 6.10 Å². The molecule has 3 heteroatoms. The number of aliphatic hydroxyl groups excluding tert-OH is 1. The molecule has 0 spiro atoms. The quantitative estimate of drug-likeness (QED) is 0.0709. The molecule has 3 fully saturated rings. The zero-order valence-electron chi connectivity index (χ0n) is 32.8. The minimum atomic E-state index is -0.189. The molecule has 0 radical (unpaired) electrons. The fourth-order valence-corrected chi connectivity index (χ4v) is 11.6. The van der Waals surface area contributed by atoms with E-state index < -0.39 is 0 Å². The van der Waals surface area contributed by atoms with Crippen molar-refractivity contribution in [2.45, 2.75) is 221 Å². The molecule has 4 rings (SSSR count). The Labute approximate surface area is 298 Å². The van der Waals surface area contributed by atoms with E-state index in [9.17, 15) is 9.90 Å². The standard InChI is InChI=1S/C45H80O3/c1-7-8-9-10-11-12-13-14-15-16-17-18-19-20-21-25-43(47)48-37-30-31-44(5)36(32-37)26-27-38-40-29-28-39(35(4)24-22-23-34(2)3)45(40,6)42(46)33-41(38)44/h26,34-35,37-42,46H,7-25,27-33H2,1-6H3/t35-,37?,38+,39-,40+,41+,42?,44+,45-/m1/s1. The number of carbonyl (C=O) groups is 1. The van der Waals surface area contributed by atoms with Crippen molar-refractivity contribution in [2.75, 3.05) is 0 Å². The number of carbonyl (C=O) groups excluding carboxylic acids is 1. The predicted molar refractivity (Wildman–Crippen MR) is 204 cm³/mol. The second-order valence-electron chi connectivity index (χ2n) is 18.4. The lowest BCUT2D eigenvalue weighted by Crippen LogP contribution is -2.56. The van der Waals surface area contributed by atoms with Gasteiger partial charge in [0.25, 0.3) is 0 Å². The van der Waals surface area contributed by atoms with E-state index in [2.05, 4.69) is 47.6 Å². The second-order valence-corrected chi connectivity index (χ2v) is 18.4. The van der Waals surface area contributed by atoms with E-state index in [1.165, 1.54) is 121 Å². The molecule has 0 aromatic carbocycles. The molecule has 0 bridgehead atoms. The van der Waals surface area contributed by atoms with Gasteiger partial charge in [-0.05, 0) is 91.3 Å². The zero-order valence-corrected chi connectivity index (χ0v) is 32.8. The van der Waals surface area contributed by atoms with Gasteiger partial charge >= 0.3 is 5.97 Å². The molecule has 3 nitrogen and oxygen atoms in total. The molecule has 9 atom stereocenters. The highest BCUT2D eigenvalue weighted by atomic mass is 16.5. The third kappa shape index (κ3) is 10.4. The molecule has 3 saturated carbocycles. The Bertz CT molecular complexity index is 969. The van der Waals surface area contributed by atoms with E-state index >= 15 is 0 Å². The molecule has 278 valence electrons. The summed E-state index contributed by atoms with van der Waals surface area (Å²) in [5, 5.41) is 11.9. The monoisotopic (exact) mass is 669 g/mol. The van der Waals surface area contributed by atoms with Gasteiger partial charge in [-0.2, -0.15) is 0 Å². The molecule has 0 amide bonds. The first kappa shape index (κ1) is 39.9. The summed E-state index contributed by atoms with van der Waals surface area (Å²) in [5.74, 6) is 4.08. The van der Waals surface area contributed by atoms with Crippen molar-refractivity contribution < 1.29 is 14.6 Å². The molecule has 1 N–H and O–H groups in total. The number of hydrogen-bond acceptors (Lipinski definition) is 3. The molecule has 0 aromatic heterocycles. The molecule has 0 heterocycles. The van der Waals surface area contributed by atoms with E-state index in [-0.39, 0.29) is 29.0 Å². The number of hydrogen-bond donors (Lipinski definition) is 1. The lowest BCUT2D eigenvalue weighted by atomic mass is 9.46. The number of esters is 1. The van der Waals surface area contributed by atoms with Crippen molar-refractivity contribution in [1.29, 1.82) is 0 Å². The van der Waals surface area contributed by atoms with Crippen molar-refractivity contribution in [3.63, 3.8) is 0 Å². The van der Waals surface area contributed by atoms with Crippen LogP contribution in [0.5, 0.6) is 0 Å². The van der Waals surface area contributed by atoms with Crippen molar-refractivity contribution in [3.05, 3.63) is 11.6 Å². The number of allylic oxidation sites excluding steroid dienone is 1. The van der Waals surface area contributed by atoms with E-state index in [1.54, 1.807) is 0 Å². The number of fused-ring (bicyclic) bond motifs is 5. The molecule has 0 aromatic rings. The topological polar surface area (TPSA) is 46.5 Å². The summed E-state index contributed by atoms with van der Waals surface area (Å²) in [7, 11) is 0. The number of ether oxygens (including phenoxy) is 1. The van der Waals surface area contributed by atoms with Gasteiger partial charge in [0.2, 0.25) is 0 Å². The highest BCUT2D eigenvalue weighted by Gasteiger charge is 2.62. The van der Waals surface area contributed by atoms with E-state index in [0.29, 0.717) is 36.0 Å². The molecule has 4 aliphatic carbocycles. The van der Waals surface area contributed by atoms with Crippen molar-refractivity contribution in [1.82, 2.24) is 0 Å². The Morgan fingerprint density at radius 3 is 2.02 bits per heavy atom. The first-order chi connectivity index (χ1) is 23.1. The third-order valence-electron chi connectivity index (χ3n) is 14.6. The third-order valence-corrected chi connectivity index (χ3v) is 14.6.